The number of aromatic amines is 1. The Balaban J connectivity index is 1.70. The highest BCUT2D eigenvalue weighted by molar-refractivity contribution is 7.71. The van der Waals surface area contributed by atoms with Gasteiger partial charge in [-0.2, -0.15) is 14.9 Å². The molecule has 0 radical (unpaired) electrons. The third-order valence-electron chi connectivity index (χ3n) is 3.46. The lowest BCUT2D eigenvalue weighted by Crippen LogP contribution is -2.22. The standard InChI is InChI=1S/C18H16N4O2S/c1-13-17(23)22(18(25)21-20-13)19-11-14-7-9-16(10-8-14)24-12-15-5-3-2-4-6-15/h2-11H,12H2,1H3,(H,21,25)/b19-11-. The van der Waals surface area contributed by atoms with Crippen LogP contribution < -0.4 is 10.3 Å². The van der Waals surface area contributed by atoms with E-state index in [2.05, 4.69) is 15.3 Å². The van der Waals surface area contributed by atoms with Crippen LogP contribution >= 0.6 is 12.2 Å². The summed E-state index contributed by atoms with van der Waals surface area (Å²) in [5.41, 5.74) is 1.89. The maximum absolute atomic E-state index is 12.0. The first kappa shape index (κ1) is 16.8. The molecule has 0 atom stereocenters. The normalized spacial score (nSPS) is 10.9. The number of aromatic nitrogens is 3. The van der Waals surface area contributed by atoms with Crippen molar-refractivity contribution in [3.05, 3.63) is 86.5 Å². The van der Waals surface area contributed by atoms with Crippen LogP contribution in [0.3, 0.4) is 0 Å². The average Bonchev–Trinajstić information content (AvgIpc) is 2.65. The molecule has 1 N–H and O–H groups in total. The lowest BCUT2D eigenvalue weighted by molar-refractivity contribution is 0.306. The number of hydrogen-bond donors (Lipinski definition) is 1. The molecule has 0 aliphatic heterocycles. The largest absolute Gasteiger partial charge is 0.489 e. The summed E-state index contributed by atoms with van der Waals surface area (Å²) in [6, 6.07) is 17.4. The number of rotatable bonds is 5. The van der Waals surface area contributed by atoms with Crippen molar-refractivity contribution >= 4 is 18.4 Å². The van der Waals surface area contributed by atoms with Crippen molar-refractivity contribution in [2.24, 2.45) is 5.10 Å². The van der Waals surface area contributed by atoms with Gasteiger partial charge in [-0.05, 0) is 54.5 Å². The Morgan fingerprint density at radius 3 is 2.64 bits per heavy atom. The summed E-state index contributed by atoms with van der Waals surface area (Å²) in [7, 11) is 0. The Hall–Kier alpha value is -3.06. The molecule has 25 heavy (non-hydrogen) atoms. The fourth-order valence-electron chi connectivity index (χ4n) is 2.09. The summed E-state index contributed by atoms with van der Waals surface area (Å²) < 4.78 is 6.99. The summed E-state index contributed by atoms with van der Waals surface area (Å²) in [6.07, 6.45) is 1.56. The second kappa shape index (κ2) is 7.67. The first-order valence-corrected chi connectivity index (χ1v) is 8.04. The summed E-state index contributed by atoms with van der Waals surface area (Å²) >= 11 is 5.03. The summed E-state index contributed by atoms with van der Waals surface area (Å²) in [5, 5.41) is 10.5. The number of nitrogens with one attached hydrogen (secondary N) is 1. The molecule has 6 nitrogen and oxygen atoms in total. The summed E-state index contributed by atoms with van der Waals surface area (Å²) in [4.78, 5) is 12.0. The molecule has 0 spiro atoms. The Kier molecular flexibility index (Phi) is 5.15. The lowest BCUT2D eigenvalue weighted by Gasteiger charge is -2.06. The maximum Gasteiger partial charge on any atom is 0.296 e. The van der Waals surface area contributed by atoms with Crippen LogP contribution in [-0.2, 0) is 6.61 Å². The zero-order valence-electron chi connectivity index (χ0n) is 13.5. The van der Waals surface area contributed by atoms with Crippen LogP contribution in [0.25, 0.3) is 0 Å². The van der Waals surface area contributed by atoms with Crippen LogP contribution in [-0.4, -0.2) is 21.1 Å². The molecule has 7 heteroatoms. The van der Waals surface area contributed by atoms with Gasteiger partial charge in [0.1, 0.15) is 18.1 Å². The molecule has 0 amide bonds. The zero-order chi connectivity index (χ0) is 17.6. The molecule has 0 bridgehead atoms. The summed E-state index contributed by atoms with van der Waals surface area (Å²) in [6.45, 7) is 2.10. The minimum Gasteiger partial charge on any atom is -0.489 e. The fraction of sp³-hybridized carbons (Fsp3) is 0.111. The van der Waals surface area contributed by atoms with E-state index in [4.69, 9.17) is 17.0 Å². The SMILES string of the molecule is Cc1n[nH]c(=S)n(/N=C\c2ccc(OCc3ccccc3)cc2)c1=O. The van der Waals surface area contributed by atoms with E-state index in [-0.39, 0.29) is 10.3 Å². The third-order valence-corrected chi connectivity index (χ3v) is 3.73. The van der Waals surface area contributed by atoms with Crippen molar-refractivity contribution in [2.45, 2.75) is 13.5 Å². The second-order valence-electron chi connectivity index (χ2n) is 5.32. The molecule has 1 aromatic heterocycles. The van der Waals surface area contributed by atoms with Crippen LogP contribution in [0.2, 0.25) is 0 Å². The highest BCUT2D eigenvalue weighted by Gasteiger charge is 2.01. The number of nitrogens with zero attached hydrogens (tertiary/aromatic N) is 3. The predicted octanol–water partition coefficient (Wildman–Crippen LogP) is 3.07. The molecule has 1 heterocycles. The highest BCUT2D eigenvalue weighted by Crippen LogP contribution is 2.13. The van der Waals surface area contributed by atoms with Gasteiger partial charge in [0.15, 0.2) is 0 Å². The lowest BCUT2D eigenvalue weighted by atomic mass is 10.2. The molecule has 2 aromatic carbocycles. The van der Waals surface area contributed by atoms with Gasteiger partial charge in [0, 0.05) is 0 Å². The topological polar surface area (TPSA) is 72.3 Å². The molecule has 0 aliphatic carbocycles. The van der Waals surface area contributed by atoms with Gasteiger partial charge in [-0.15, -0.1) is 0 Å². The van der Waals surface area contributed by atoms with Crippen LogP contribution in [0, 0.1) is 11.7 Å². The molecular formula is C18H16N4O2S. The van der Waals surface area contributed by atoms with E-state index in [1.54, 1.807) is 13.1 Å². The first-order valence-electron chi connectivity index (χ1n) is 7.63. The Bertz CT molecular complexity index is 992. The van der Waals surface area contributed by atoms with E-state index in [9.17, 15) is 4.79 Å². The van der Waals surface area contributed by atoms with Gasteiger partial charge in [-0.25, -0.2) is 0 Å². The average molecular weight is 352 g/mol. The number of aryl methyl sites for hydroxylation is 1. The molecular weight excluding hydrogens is 336 g/mol. The molecule has 0 fully saturated rings. The predicted molar refractivity (Wildman–Crippen MR) is 98.6 cm³/mol. The van der Waals surface area contributed by atoms with Gasteiger partial charge in [0.2, 0.25) is 4.77 Å². The summed E-state index contributed by atoms with van der Waals surface area (Å²) in [5.74, 6) is 0.759. The van der Waals surface area contributed by atoms with Crippen LogP contribution in [0.15, 0.2) is 64.5 Å². The minimum atomic E-state index is -0.345. The molecule has 3 aromatic rings. The fourth-order valence-corrected chi connectivity index (χ4v) is 2.27. The third kappa shape index (κ3) is 4.27. The van der Waals surface area contributed by atoms with E-state index in [1.165, 1.54) is 0 Å². The van der Waals surface area contributed by atoms with Crippen LogP contribution in [0.1, 0.15) is 16.8 Å². The highest BCUT2D eigenvalue weighted by atomic mass is 32.1. The zero-order valence-corrected chi connectivity index (χ0v) is 14.4. The van der Waals surface area contributed by atoms with E-state index < -0.39 is 0 Å². The first-order chi connectivity index (χ1) is 12.1. The van der Waals surface area contributed by atoms with Crippen LogP contribution in [0.4, 0.5) is 0 Å². The van der Waals surface area contributed by atoms with Gasteiger partial charge >= 0.3 is 0 Å². The van der Waals surface area contributed by atoms with Gasteiger partial charge < -0.3 is 4.74 Å². The minimum absolute atomic E-state index is 0.148. The van der Waals surface area contributed by atoms with Gasteiger partial charge in [0.05, 0.1) is 6.21 Å². The number of H-pyrrole nitrogens is 1. The maximum atomic E-state index is 12.0. The molecule has 0 saturated heterocycles. The van der Waals surface area contributed by atoms with E-state index in [1.807, 2.05) is 54.6 Å². The van der Waals surface area contributed by atoms with Crippen LogP contribution in [0.5, 0.6) is 5.75 Å². The van der Waals surface area contributed by atoms with Gasteiger partial charge in [-0.1, -0.05) is 30.3 Å². The molecule has 0 aliphatic rings. The number of benzene rings is 2. The van der Waals surface area contributed by atoms with Gasteiger partial charge in [-0.3, -0.25) is 9.89 Å². The Labute approximate surface area is 149 Å². The van der Waals surface area contributed by atoms with Crippen molar-refractivity contribution in [2.75, 3.05) is 0 Å². The molecule has 3 rings (SSSR count). The molecule has 0 unspecified atom stereocenters. The van der Waals surface area contributed by atoms with E-state index >= 15 is 0 Å². The van der Waals surface area contributed by atoms with Crippen molar-refractivity contribution < 1.29 is 4.74 Å². The number of hydrogen-bond acceptors (Lipinski definition) is 5. The second-order valence-corrected chi connectivity index (χ2v) is 5.71. The molecule has 0 saturated carbocycles. The van der Waals surface area contributed by atoms with Gasteiger partial charge in [0.25, 0.3) is 5.56 Å². The molecule has 126 valence electrons. The van der Waals surface area contributed by atoms with Crippen molar-refractivity contribution in [1.82, 2.24) is 14.9 Å². The quantitative estimate of drug-likeness (QED) is 0.566. The Morgan fingerprint density at radius 1 is 1.20 bits per heavy atom. The van der Waals surface area contributed by atoms with Crippen molar-refractivity contribution in [3.8, 4) is 5.75 Å². The van der Waals surface area contributed by atoms with Crippen molar-refractivity contribution in [1.29, 1.82) is 0 Å². The van der Waals surface area contributed by atoms with E-state index in [0.29, 0.717) is 12.3 Å². The van der Waals surface area contributed by atoms with E-state index in [0.717, 1.165) is 21.6 Å². The number of ether oxygens (including phenoxy) is 1. The smallest absolute Gasteiger partial charge is 0.296 e. The van der Waals surface area contributed by atoms with Crippen molar-refractivity contribution in [3.63, 3.8) is 0 Å². The monoisotopic (exact) mass is 352 g/mol. The Morgan fingerprint density at radius 2 is 1.92 bits per heavy atom.